The zero-order valence-corrected chi connectivity index (χ0v) is 12.3. The van der Waals surface area contributed by atoms with Crippen LogP contribution in [0.15, 0.2) is 47.4 Å². The summed E-state index contributed by atoms with van der Waals surface area (Å²) in [5, 5.41) is 22.0. The van der Waals surface area contributed by atoms with Crippen molar-refractivity contribution in [3.05, 3.63) is 68.3 Å². The summed E-state index contributed by atoms with van der Waals surface area (Å²) >= 11 is 0. The van der Waals surface area contributed by atoms with Crippen molar-refractivity contribution in [2.45, 2.75) is 11.4 Å². The summed E-state index contributed by atoms with van der Waals surface area (Å²) in [5.74, 6) is 0. The minimum absolute atomic E-state index is 0.0584. The van der Waals surface area contributed by atoms with E-state index in [2.05, 4.69) is 0 Å². The largest absolute Gasteiger partial charge is 0.300 e. The Kier molecular flexibility index (Phi) is 3.25. The summed E-state index contributed by atoms with van der Waals surface area (Å²) in [6.45, 7) is -0.0584. The van der Waals surface area contributed by atoms with Crippen molar-refractivity contribution >= 4 is 27.1 Å². The number of nitrogens with zero attached hydrogens (tertiary/aromatic N) is 3. The van der Waals surface area contributed by atoms with Crippen LogP contribution in [0.2, 0.25) is 0 Å². The fourth-order valence-electron chi connectivity index (χ4n) is 2.44. The first-order valence-electron chi connectivity index (χ1n) is 6.36. The third-order valence-electron chi connectivity index (χ3n) is 3.49. The minimum Gasteiger partial charge on any atom is -0.258 e. The molecule has 0 radical (unpaired) electrons. The van der Waals surface area contributed by atoms with E-state index in [0.717, 1.165) is 22.5 Å². The molecule has 0 saturated carbocycles. The molecule has 3 rings (SSSR count). The molecule has 0 N–H and O–H groups in total. The van der Waals surface area contributed by atoms with Crippen molar-refractivity contribution in [3.63, 3.8) is 0 Å². The predicted molar refractivity (Wildman–Crippen MR) is 79.6 cm³/mol. The van der Waals surface area contributed by atoms with Crippen LogP contribution in [0.3, 0.4) is 0 Å². The van der Waals surface area contributed by atoms with E-state index in [1.807, 2.05) is 0 Å². The maximum Gasteiger partial charge on any atom is 0.300 e. The van der Waals surface area contributed by atoms with Gasteiger partial charge in [-0.25, -0.2) is 8.42 Å². The lowest BCUT2D eigenvalue weighted by molar-refractivity contribution is -0.393. The lowest BCUT2D eigenvalue weighted by atomic mass is 10.2. The van der Waals surface area contributed by atoms with Crippen molar-refractivity contribution in [2.24, 2.45) is 0 Å². The molecule has 118 valence electrons. The first kappa shape index (κ1) is 14.9. The van der Waals surface area contributed by atoms with Crippen molar-refractivity contribution in [1.82, 2.24) is 0 Å². The summed E-state index contributed by atoms with van der Waals surface area (Å²) in [6.07, 6.45) is 0. The SMILES string of the molecule is O=[N+]([O-])c1ccc(N2Cc3ccccc3S2(=O)=O)c([N+](=O)[O-])c1. The van der Waals surface area contributed by atoms with Gasteiger partial charge in [0.25, 0.3) is 21.4 Å². The molecule has 10 heteroatoms. The fraction of sp³-hybridized carbons (Fsp3) is 0.0769. The maximum atomic E-state index is 12.5. The molecule has 0 fully saturated rings. The molecule has 0 aliphatic carbocycles. The number of fused-ring (bicyclic) bond motifs is 1. The van der Waals surface area contributed by atoms with Crippen molar-refractivity contribution < 1.29 is 18.3 Å². The highest BCUT2D eigenvalue weighted by atomic mass is 32.2. The molecule has 0 aromatic heterocycles. The number of non-ortho nitro benzene ring substituents is 1. The molecule has 0 saturated heterocycles. The van der Waals surface area contributed by atoms with Gasteiger partial charge in [0.2, 0.25) is 0 Å². The van der Waals surface area contributed by atoms with E-state index in [1.165, 1.54) is 6.07 Å². The lowest BCUT2D eigenvalue weighted by Gasteiger charge is -2.16. The fourth-order valence-corrected chi connectivity index (χ4v) is 4.12. The second-order valence-electron chi connectivity index (χ2n) is 4.81. The summed E-state index contributed by atoms with van der Waals surface area (Å²) in [7, 11) is -3.93. The number of nitro groups is 2. The number of rotatable bonds is 3. The van der Waals surface area contributed by atoms with Crippen LogP contribution in [-0.2, 0) is 16.6 Å². The van der Waals surface area contributed by atoms with Crippen LogP contribution in [0.5, 0.6) is 0 Å². The third-order valence-corrected chi connectivity index (χ3v) is 5.35. The van der Waals surface area contributed by atoms with Gasteiger partial charge in [-0.2, -0.15) is 0 Å². The zero-order valence-electron chi connectivity index (χ0n) is 11.4. The molecule has 1 heterocycles. The average Bonchev–Trinajstić information content (AvgIpc) is 2.78. The molecule has 9 nitrogen and oxygen atoms in total. The average molecular weight is 335 g/mol. The Hall–Kier alpha value is -3.01. The first-order valence-corrected chi connectivity index (χ1v) is 7.80. The summed E-state index contributed by atoms with van der Waals surface area (Å²) in [4.78, 5) is 20.4. The quantitative estimate of drug-likeness (QED) is 0.625. The van der Waals surface area contributed by atoms with E-state index in [-0.39, 0.29) is 17.1 Å². The maximum absolute atomic E-state index is 12.5. The smallest absolute Gasteiger partial charge is 0.258 e. The van der Waals surface area contributed by atoms with Crippen molar-refractivity contribution in [2.75, 3.05) is 4.31 Å². The number of sulfonamides is 1. The van der Waals surface area contributed by atoms with Crippen LogP contribution in [0.1, 0.15) is 5.56 Å². The highest BCUT2D eigenvalue weighted by molar-refractivity contribution is 7.93. The topological polar surface area (TPSA) is 124 Å². The first-order chi connectivity index (χ1) is 10.8. The van der Waals surface area contributed by atoms with E-state index in [9.17, 15) is 28.6 Å². The predicted octanol–water partition coefficient (Wildman–Crippen LogP) is 2.21. The molecule has 0 bridgehead atoms. The van der Waals surface area contributed by atoms with Gasteiger partial charge >= 0.3 is 0 Å². The Morgan fingerprint density at radius 1 is 1.00 bits per heavy atom. The van der Waals surface area contributed by atoms with Gasteiger partial charge in [0.1, 0.15) is 5.69 Å². The molecule has 0 amide bonds. The van der Waals surface area contributed by atoms with Crippen molar-refractivity contribution in [1.29, 1.82) is 0 Å². The number of benzene rings is 2. The van der Waals surface area contributed by atoms with Crippen LogP contribution in [0.25, 0.3) is 0 Å². The Morgan fingerprint density at radius 2 is 1.70 bits per heavy atom. The highest BCUT2D eigenvalue weighted by Gasteiger charge is 2.38. The molecule has 2 aromatic carbocycles. The van der Waals surface area contributed by atoms with E-state index < -0.39 is 31.2 Å². The Bertz CT molecular complexity index is 940. The van der Waals surface area contributed by atoms with E-state index >= 15 is 0 Å². The van der Waals surface area contributed by atoms with Gasteiger partial charge in [0.15, 0.2) is 0 Å². The Balaban J connectivity index is 2.17. The van der Waals surface area contributed by atoms with E-state index in [0.29, 0.717) is 5.56 Å². The van der Waals surface area contributed by atoms with Crippen LogP contribution in [0, 0.1) is 20.2 Å². The number of hydrogen-bond donors (Lipinski definition) is 0. The van der Waals surface area contributed by atoms with Gasteiger partial charge in [-0.3, -0.25) is 24.5 Å². The number of hydrogen-bond acceptors (Lipinski definition) is 6. The molecule has 1 aliphatic rings. The molecular weight excluding hydrogens is 326 g/mol. The van der Waals surface area contributed by atoms with E-state index in [4.69, 9.17) is 0 Å². The zero-order chi connectivity index (χ0) is 16.8. The van der Waals surface area contributed by atoms with Crippen LogP contribution >= 0.6 is 0 Å². The monoisotopic (exact) mass is 335 g/mol. The normalized spacial score (nSPS) is 15.2. The van der Waals surface area contributed by atoms with Gasteiger partial charge in [-0.05, 0) is 17.7 Å². The van der Waals surface area contributed by atoms with Crippen LogP contribution < -0.4 is 4.31 Å². The van der Waals surface area contributed by atoms with Gasteiger partial charge in [0, 0.05) is 6.07 Å². The Labute approximate surface area is 130 Å². The summed E-state index contributed by atoms with van der Waals surface area (Å²) < 4.78 is 26.0. The number of anilines is 1. The van der Waals surface area contributed by atoms with Gasteiger partial charge in [0.05, 0.1) is 27.4 Å². The minimum atomic E-state index is -3.93. The van der Waals surface area contributed by atoms with Crippen LogP contribution in [-0.4, -0.2) is 18.3 Å². The molecule has 2 aromatic rings. The molecule has 0 spiro atoms. The molecular formula is C13H9N3O6S. The van der Waals surface area contributed by atoms with Crippen molar-refractivity contribution in [3.8, 4) is 0 Å². The lowest BCUT2D eigenvalue weighted by Crippen LogP contribution is -2.24. The van der Waals surface area contributed by atoms with Crippen LogP contribution in [0.4, 0.5) is 17.1 Å². The second kappa shape index (κ2) is 5.02. The van der Waals surface area contributed by atoms with Gasteiger partial charge in [-0.15, -0.1) is 0 Å². The standard InChI is InChI=1S/C13H9N3O6S/c17-15(18)10-5-6-11(12(7-10)16(19)20)14-8-9-3-1-2-4-13(9)23(14,21)22/h1-7H,8H2. The second-order valence-corrected chi connectivity index (χ2v) is 6.64. The summed E-state index contributed by atoms with van der Waals surface area (Å²) in [5.41, 5.74) is -0.790. The Morgan fingerprint density at radius 3 is 2.30 bits per heavy atom. The van der Waals surface area contributed by atoms with E-state index in [1.54, 1.807) is 18.2 Å². The van der Waals surface area contributed by atoms with Gasteiger partial charge in [-0.1, -0.05) is 18.2 Å². The molecule has 1 aliphatic heterocycles. The molecule has 0 unspecified atom stereocenters. The third kappa shape index (κ3) is 2.28. The summed E-state index contributed by atoms with van der Waals surface area (Å²) in [6, 6.07) is 9.15. The van der Waals surface area contributed by atoms with Gasteiger partial charge < -0.3 is 0 Å². The molecule has 23 heavy (non-hydrogen) atoms. The highest BCUT2D eigenvalue weighted by Crippen LogP contribution is 2.40. The molecule has 0 atom stereocenters. The number of nitro benzene ring substituents is 2.